The molecule has 0 unspecified atom stereocenters. The van der Waals surface area contributed by atoms with E-state index in [0.29, 0.717) is 0 Å². The van der Waals surface area contributed by atoms with E-state index < -0.39 is 0 Å². The van der Waals surface area contributed by atoms with Crippen molar-refractivity contribution < 1.29 is 69.2 Å². The molecule has 0 heterocycles. The van der Waals surface area contributed by atoms with Gasteiger partial charge in [-0.05, 0) is 0 Å². The molecule has 19 valence electrons. The first-order valence-corrected chi connectivity index (χ1v) is 0. The van der Waals surface area contributed by atoms with Crippen molar-refractivity contribution in [1.29, 1.82) is 0 Å². The first-order chi connectivity index (χ1) is 0. The van der Waals surface area contributed by atoms with Crippen LogP contribution in [0, 0.1) is 0 Å². The Morgan fingerprint density at radius 1 is 1.00 bits per heavy atom. The summed E-state index contributed by atoms with van der Waals surface area (Å²) in [6.45, 7) is 0. The molecule has 0 amide bonds. The molecule has 0 aliphatic heterocycles. The van der Waals surface area contributed by atoms with E-state index in [-0.39, 0.29) is 107 Å². The van der Waals surface area contributed by atoms with Crippen LogP contribution < -0.4 is 29.6 Å². The Bertz CT molecular complexity index is 11.6. The summed E-state index contributed by atoms with van der Waals surface area (Å²) < 4.78 is 0. The smallest absolute Gasteiger partial charge is 2.00 e. The molecule has 0 rings (SSSR count). The van der Waals surface area contributed by atoms with Crippen molar-refractivity contribution in [1.82, 2.24) is 0 Å². The van der Waals surface area contributed by atoms with Crippen molar-refractivity contribution in [2.45, 2.75) is 0 Å². The van der Waals surface area contributed by atoms with Crippen LogP contribution in [0.5, 0.6) is 0 Å². The minimum absolute atomic E-state index is 0. The zero-order chi connectivity index (χ0) is 0. The van der Waals surface area contributed by atoms with E-state index in [1.165, 1.54) is 0 Å². The minimum atomic E-state index is 0. The molecule has 1 radical (unpaired) electrons. The van der Waals surface area contributed by atoms with Gasteiger partial charge in [0.25, 0.3) is 0 Å². The maximum absolute atomic E-state index is 0. The van der Waals surface area contributed by atoms with Gasteiger partial charge < -0.3 is 5.48 Å². The fraction of sp³-hybridized carbons (Fsp3) is 0. The van der Waals surface area contributed by atoms with Crippen LogP contribution in [0.4, 0.5) is 0 Å². The molecule has 0 aromatic rings. The minimum Gasteiger partial charge on any atom is -2.00 e. The average molecular weight is 190 g/mol. The molecular weight excluding hydrogens is 190 g/mol. The molecule has 0 saturated carbocycles. The van der Waals surface area contributed by atoms with E-state index in [1.54, 1.807) is 0 Å². The summed E-state index contributed by atoms with van der Waals surface area (Å²) in [6, 6.07) is 0. The standard InChI is InChI=1S/Ca.Fe.Mn.Na.O/q3*+2;+1;-2. The Kier molecular flexibility index (Phi) is 219. The maximum atomic E-state index is 0. The molecule has 0 aliphatic rings. The molecule has 5 heavy (non-hydrogen) atoms. The third kappa shape index (κ3) is 18.9. The zero-order valence-electron chi connectivity index (χ0n) is 2.85. The van der Waals surface area contributed by atoms with Gasteiger partial charge >= 0.3 is 101 Å². The first-order valence-electron chi connectivity index (χ1n) is 0. The number of rotatable bonds is 0. The van der Waals surface area contributed by atoms with Gasteiger partial charge in [0.15, 0.2) is 0 Å². The number of hydrogen-bond donors (Lipinski definition) is 0. The van der Waals surface area contributed by atoms with Crippen LogP contribution in [0.1, 0.15) is 0 Å². The van der Waals surface area contributed by atoms with E-state index in [1.807, 2.05) is 0 Å². The van der Waals surface area contributed by atoms with Gasteiger partial charge in [0.1, 0.15) is 0 Å². The molecule has 0 bridgehead atoms. The fourth-order valence-corrected chi connectivity index (χ4v) is 0. The topological polar surface area (TPSA) is 28.5 Å². The third-order valence-electron chi connectivity index (χ3n) is 0. The summed E-state index contributed by atoms with van der Waals surface area (Å²) in [4.78, 5) is 0. The molecule has 0 fully saturated rings. The average Bonchev–Trinajstić information content (AvgIpc) is 0. The van der Waals surface area contributed by atoms with Gasteiger partial charge in [-0.3, -0.25) is 0 Å². The molecule has 0 N–H and O–H groups in total. The summed E-state index contributed by atoms with van der Waals surface area (Å²) in [6.07, 6.45) is 0. The monoisotopic (exact) mass is 190 g/mol. The second kappa shape index (κ2) is 26.8. The van der Waals surface area contributed by atoms with E-state index in [4.69, 9.17) is 0 Å². The predicted octanol–water partition coefficient (Wildman–Crippen LogP) is -3.50. The van der Waals surface area contributed by atoms with Gasteiger partial charge in [0.05, 0.1) is 0 Å². The Labute approximate surface area is 105 Å². The van der Waals surface area contributed by atoms with Crippen LogP contribution in [-0.4, -0.2) is 37.7 Å². The summed E-state index contributed by atoms with van der Waals surface area (Å²) in [5.74, 6) is 0. The van der Waals surface area contributed by atoms with Crippen molar-refractivity contribution in [3.63, 3.8) is 0 Å². The molecule has 0 spiro atoms. The second-order valence-corrected chi connectivity index (χ2v) is 0. The quantitative estimate of drug-likeness (QED) is 0.354. The molecule has 0 atom stereocenters. The number of hydrogen-bond acceptors (Lipinski definition) is 0. The maximum Gasteiger partial charge on any atom is 2.00 e. The van der Waals surface area contributed by atoms with E-state index >= 15 is 0 Å². The van der Waals surface area contributed by atoms with E-state index in [0.717, 1.165) is 0 Å². The summed E-state index contributed by atoms with van der Waals surface area (Å²) >= 11 is 0. The molecule has 0 aliphatic carbocycles. The van der Waals surface area contributed by atoms with Crippen molar-refractivity contribution in [3.8, 4) is 0 Å². The Balaban J connectivity index is 0. The fourth-order valence-electron chi connectivity index (χ4n) is 0. The second-order valence-electron chi connectivity index (χ2n) is 0. The van der Waals surface area contributed by atoms with E-state index in [9.17, 15) is 0 Å². The molecule has 0 saturated heterocycles. The SMILES string of the molecule is [Ca+2].[Fe+2].[Mn+2].[Na+].[O-2]. The van der Waals surface area contributed by atoms with Crippen LogP contribution in [0.25, 0.3) is 0 Å². The van der Waals surface area contributed by atoms with Gasteiger partial charge in [-0.15, -0.1) is 0 Å². The van der Waals surface area contributed by atoms with Gasteiger partial charge in [0, 0.05) is 0 Å². The molecule has 1 nitrogen and oxygen atoms in total. The van der Waals surface area contributed by atoms with Gasteiger partial charge in [-0.2, -0.15) is 0 Å². The van der Waals surface area contributed by atoms with Crippen LogP contribution >= 0.6 is 0 Å². The Morgan fingerprint density at radius 3 is 1.00 bits per heavy atom. The predicted molar refractivity (Wildman–Crippen MR) is 6.44 cm³/mol. The first kappa shape index (κ1) is 41.0. The van der Waals surface area contributed by atoms with E-state index in [2.05, 4.69) is 0 Å². The Morgan fingerprint density at radius 2 is 1.00 bits per heavy atom. The summed E-state index contributed by atoms with van der Waals surface area (Å²) in [7, 11) is 0. The third-order valence-corrected chi connectivity index (χ3v) is 0. The molecule has 5 heteroatoms. The molecular formula is CaFeMnNaO+5. The largest absolute Gasteiger partial charge is 2.00 e. The van der Waals surface area contributed by atoms with Crippen LogP contribution in [0.15, 0.2) is 0 Å². The van der Waals surface area contributed by atoms with Gasteiger partial charge in [0.2, 0.25) is 0 Å². The van der Waals surface area contributed by atoms with Crippen molar-refractivity contribution >= 4 is 37.7 Å². The van der Waals surface area contributed by atoms with Crippen LogP contribution in [-0.2, 0) is 39.6 Å². The van der Waals surface area contributed by atoms with Gasteiger partial charge in [-0.25, -0.2) is 0 Å². The molecule has 0 aromatic carbocycles. The summed E-state index contributed by atoms with van der Waals surface area (Å²) in [5.41, 5.74) is 0. The van der Waals surface area contributed by atoms with Crippen molar-refractivity contribution in [2.75, 3.05) is 0 Å². The normalized spacial score (nSPS) is 0. The van der Waals surface area contributed by atoms with Crippen molar-refractivity contribution in [3.05, 3.63) is 0 Å². The van der Waals surface area contributed by atoms with Gasteiger partial charge in [-0.1, -0.05) is 0 Å². The van der Waals surface area contributed by atoms with Crippen molar-refractivity contribution in [2.24, 2.45) is 0 Å². The zero-order valence-corrected chi connectivity index (χ0v) is 9.34. The van der Waals surface area contributed by atoms with Crippen LogP contribution in [0.2, 0.25) is 0 Å². The van der Waals surface area contributed by atoms with Crippen LogP contribution in [0.3, 0.4) is 0 Å². The Hall–Kier alpha value is 3.26. The summed E-state index contributed by atoms with van der Waals surface area (Å²) in [5, 5.41) is 0. The molecule has 0 aromatic heterocycles.